The molecule has 0 spiro atoms. The number of carboxylic acid groups (broad SMARTS) is 1. The lowest BCUT2D eigenvalue weighted by molar-refractivity contribution is -0.135. The molecule has 0 aromatic heterocycles. The summed E-state index contributed by atoms with van der Waals surface area (Å²) in [5.74, 6) is -1.04. The maximum absolute atomic E-state index is 11.1. The van der Waals surface area contributed by atoms with Crippen LogP contribution in [-0.2, 0) is 4.79 Å². The Hall–Kier alpha value is -1.30. The maximum atomic E-state index is 11.1. The summed E-state index contributed by atoms with van der Waals surface area (Å²) >= 11 is 0. The fourth-order valence-electron chi connectivity index (χ4n) is 2.09. The number of carbonyl (C=O) groups is 2. The summed E-state index contributed by atoms with van der Waals surface area (Å²) < 4.78 is 0. The minimum atomic E-state index is -1.04. The quantitative estimate of drug-likeness (QED) is 0.624. The second-order valence-corrected chi connectivity index (χ2v) is 4.42. The van der Waals surface area contributed by atoms with Gasteiger partial charge in [-0.2, -0.15) is 0 Å². The SMILES string of the molecule is CN(CCNC(=O)NCC(=O)O)C1CCCC1. The molecule has 0 heterocycles. The Balaban J connectivity index is 2.06. The van der Waals surface area contributed by atoms with Crippen LogP contribution in [0.15, 0.2) is 0 Å². The number of hydrogen-bond acceptors (Lipinski definition) is 3. The van der Waals surface area contributed by atoms with Crippen molar-refractivity contribution >= 4 is 12.0 Å². The van der Waals surface area contributed by atoms with E-state index in [0.717, 1.165) is 6.54 Å². The molecular weight excluding hydrogens is 222 g/mol. The fraction of sp³-hybridized carbons (Fsp3) is 0.818. The van der Waals surface area contributed by atoms with Gasteiger partial charge in [-0.05, 0) is 19.9 Å². The maximum Gasteiger partial charge on any atom is 0.323 e. The molecule has 0 atom stereocenters. The summed E-state index contributed by atoms with van der Waals surface area (Å²) in [6.07, 6.45) is 5.06. The van der Waals surface area contributed by atoms with Gasteiger partial charge in [0.15, 0.2) is 0 Å². The molecule has 6 heteroatoms. The number of aliphatic carboxylic acids is 1. The van der Waals surface area contributed by atoms with Crippen LogP contribution in [0.5, 0.6) is 0 Å². The highest BCUT2D eigenvalue weighted by molar-refractivity contribution is 5.79. The monoisotopic (exact) mass is 243 g/mol. The van der Waals surface area contributed by atoms with Gasteiger partial charge in [-0.25, -0.2) is 4.79 Å². The van der Waals surface area contributed by atoms with E-state index in [0.29, 0.717) is 12.6 Å². The van der Waals surface area contributed by atoms with Gasteiger partial charge in [0, 0.05) is 19.1 Å². The Bertz CT molecular complexity index is 265. The number of likely N-dealkylation sites (N-methyl/N-ethyl adjacent to an activating group) is 1. The second-order valence-electron chi connectivity index (χ2n) is 4.42. The third-order valence-corrected chi connectivity index (χ3v) is 3.10. The van der Waals surface area contributed by atoms with Crippen molar-refractivity contribution in [1.82, 2.24) is 15.5 Å². The average molecular weight is 243 g/mol. The molecule has 0 unspecified atom stereocenters. The normalized spacial score (nSPS) is 16.1. The van der Waals surface area contributed by atoms with Gasteiger partial charge in [0.05, 0.1) is 0 Å². The zero-order valence-electron chi connectivity index (χ0n) is 10.2. The van der Waals surface area contributed by atoms with Crippen LogP contribution >= 0.6 is 0 Å². The van der Waals surface area contributed by atoms with Crippen LogP contribution in [-0.4, -0.2) is 54.7 Å². The van der Waals surface area contributed by atoms with Crippen molar-refractivity contribution in [3.05, 3.63) is 0 Å². The second kappa shape index (κ2) is 7.11. The van der Waals surface area contributed by atoms with Crippen LogP contribution in [0.3, 0.4) is 0 Å². The van der Waals surface area contributed by atoms with Gasteiger partial charge < -0.3 is 20.6 Å². The molecule has 1 aliphatic rings. The van der Waals surface area contributed by atoms with E-state index in [-0.39, 0.29) is 6.54 Å². The topological polar surface area (TPSA) is 81.7 Å². The van der Waals surface area contributed by atoms with Gasteiger partial charge in [0.1, 0.15) is 6.54 Å². The summed E-state index contributed by atoms with van der Waals surface area (Å²) in [6.45, 7) is 0.994. The fourth-order valence-corrected chi connectivity index (χ4v) is 2.09. The standard InChI is InChI=1S/C11H21N3O3/c1-14(9-4-2-3-5-9)7-6-12-11(17)13-8-10(15)16/h9H,2-8H2,1H3,(H,15,16)(H2,12,13,17). The molecule has 2 amide bonds. The highest BCUT2D eigenvalue weighted by Crippen LogP contribution is 2.21. The van der Waals surface area contributed by atoms with E-state index in [1.54, 1.807) is 0 Å². The molecule has 6 nitrogen and oxygen atoms in total. The summed E-state index contributed by atoms with van der Waals surface area (Å²) in [5, 5.41) is 13.3. The lowest BCUT2D eigenvalue weighted by Crippen LogP contribution is -2.42. The van der Waals surface area contributed by atoms with Crippen molar-refractivity contribution in [1.29, 1.82) is 0 Å². The molecule has 0 aliphatic heterocycles. The largest absolute Gasteiger partial charge is 0.480 e. The van der Waals surface area contributed by atoms with Crippen LogP contribution in [0.2, 0.25) is 0 Å². The van der Waals surface area contributed by atoms with E-state index in [1.807, 2.05) is 0 Å². The molecule has 98 valence electrons. The van der Waals surface area contributed by atoms with Gasteiger partial charge in [0.25, 0.3) is 0 Å². The molecular formula is C11H21N3O3. The van der Waals surface area contributed by atoms with Crippen LogP contribution in [0.25, 0.3) is 0 Å². The highest BCUT2D eigenvalue weighted by Gasteiger charge is 2.18. The first-order valence-electron chi connectivity index (χ1n) is 6.03. The summed E-state index contributed by atoms with van der Waals surface area (Å²) in [6, 6.07) is 0.214. The predicted octanol–water partition coefficient (Wildman–Crippen LogP) is 0.245. The van der Waals surface area contributed by atoms with Crippen molar-refractivity contribution < 1.29 is 14.7 Å². The summed E-state index contributed by atoms with van der Waals surface area (Å²) in [4.78, 5) is 23.6. The van der Waals surface area contributed by atoms with E-state index >= 15 is 0 Å². The Labute approximate surface area is 101 Å². The molecule has 3 N–H and O–H groups in total. The van der Waals surface area contributed by atoms with Crippen molar-refractivity contribution in [2.75, 3.05) is 26.7 Å². The lowest BCUT2D eigenvalue weighted by Gasteiger charge is -2.23. The predicted molar refractivity (Wildman–Crippen MR) is 63.9 cm³/mol. The smallest absolute Gasteiger partial charge is 0.323 e. The Morgan fingerprint density at radius 2 is 1.94 bits per heavy atom. The molecule has 0 radical (unpaired) electrons. The Morgan fingerprint density at radius 1 is 1.29 bits per heavy atom. The van der Waals surface area contributed by atoms with Gasteiger partial charge in [-0.1, -0.05) is 12.8 Å². The molecule has 0 saturated heterocycles. The van der Waals surface area contributed by atoms with Crippen LogP contribution < -0.4 is 10.6 Å². The zero-order chi connectivity index (χ0) is 12.7. The third-order valence-electron chi connectivity index (χ3n) is 3.10. The summed E-state index contributed by atoms with van der Waals surface area (Å²) in [7, 11) is 2.06. The molecule has 1 saturated carbocycles. The number of rotatable bonds is 6. The van der Waals surface area contributed by atoms with Crippen LogP contribution in [0.4, 0.5) is 4.79 Å². The number of urea groups is 1. The minimum absolute atomic E-state index is 0.343. The van der Waals surface area contributed by atoms with Crippen molar-refractivity contribution in [3.63, 3.8) is 0 Å². The number of nitrogens with zero attached hydrogens (tertiary/aromatic N) is 1. The molecule has 0 aromatic carbocycles. The van der Waals surface area contributed by atoms with Gasteiger partial charge in [-0.3, -0.25) is 4.79 Å². The first kappa shape index (κ1) is 13.8. The first-order chi connectivity index (χ1) is 8.09. The number of amides is 2. The molecule has 1 rings (SSSR count). The zero-order valence-corrected chi connectivity index (χ0v) is 10.2. The third kappa shape index (κ3) is 5.53. The average Bonchev–Trinajstić information content (AvgIpc) is 2.79. The number of carbonyl (C=O) groups excluding carboxylic acids is 1. The van der Waals surface area contributed by atoms with Crippen LogP contribution in [0, 0.1) is 0 Å². The van der Waals surface area contributed by atoms with E-state index in [2.05, 4.69) is 22.6 Å². The molecule has 1 aliphatic carbocycles. The Morgan fingerprint density at radius 3 is 2.53 bits per heavy atom. The van der Waals surface area contributed by atoms with Crippen LogP contribution in [0.1, 0.15) is 25.7 Å². The number of hydrogen-bond donors (Lipinski definition) is 3. The molecule has 0 aromatic rings. The van der Waals surface area contributed by atoms with Gasteiger partial charge in [0.2, 0.25) is 0 Å². The lowest BCUT2D eigenvalue weighted by atomic mass is 10.2. The first-order valence-corrected chi connectivity index (χ1v) is 6.03. The molecule has 17 heavy (non-hydrogen) atoms. The minimum Gasteiger partial charge on any atom is -0.480 e. The van der Waals surface area contributed by atoms with E-state index < -0.39 is 12.0 Å². The Kier molecular flexibility index (Phi) is 5.76. The van der Waals surface area contributed by atoms with Gasteiger partial charge in [-0.15, -0.1) is 0 Å². The van der Waals surface area contributed by atoms with Crippen molar-refractivity contribution in [2.24, 2.45) is 0 Å². The molecule has 1 fully saturated rings. The number of carboxylic acids is 1. The highest BCUT2D eigenvalue weighted by atomic mass is 16.4. The van der Waals surface area contributed by atoms with Gasteiger partial charge >= 0.3 is 12.0 Å². The van der Waals surface area contributed by atoms with Crippen molar-refractivity contribution in [3.8, 4) is 0 Å². The van der Waals surface area contributed by atoms with E-state index in [4.69, 9.17) is 5.11 Å². The summed E-state index contributed by atoms with van der Waals surface area (Å²) in [5.41, 5.74) is 0. The van der Waals surface area contributed by atoms with E-state index in [1.165, 1.54) is 25.7 Å². The van der Waals surface area contributed by atoms with E-state index in [9.17, 15) is 9.59 Å². The molecule has 0 bridgehead atoms. The van der Waals surface area contributed by atoms with Crippen molar-refractivity contribution in [2.45, 2.75) is 31.7 Å². The number of nitrogens with one attached hydrogen (secondary N) is 2.